The molecule has 0 aromatic heterocycles. The van der Waals surface area contributed by atoms with Crippen molar-refractivity contribution in [2.45, 2.75) is 36.5 Å². The minimum atomic E-state index is 0. The molecule has 0 unspecified atom stereocenters. The van der Waals surface area contributed by atoms with Gasteiger partial charge in [0.1, 0.15) is 0 Å². The molecule has 0 aliphatic heterocycles. The molecule has 0 amide bonds. The average Bonchev–Trinajstić information content (AvgIpc) is 1.69. The molecule has 0 radical (unpaired) electrons. The standard InChI is InChI=1S/C6H11.2FH.Pd/c1-2-4-6-5-3-1;;;/h1H,2-6H2;2*1H;/q;;;+2/p-2. The Bertz CT molecular complexity index is 53.0. The first-order valence-electron chi connectivity index (χ1n) is 3.00. The number of halogens is 2. The van der Waals surface area contributed by atoms with E-state index in [1.165, 1.54) is 32.1 Å². The molecule has 59 valence electrons. The van der Waals surface area contributed by atoms with Crippen LogP contribution in [-0.2, 0) is 19.2 Å². The van der Waals surface area contributed by atoms with Crippen LogP contribution in [0.1, 0.15) is 32.1 Å². The molecular weight excluding hydrogens is 216 g/mol. The first-order valence-corrected chi connectivity index (χ1v) is 3.90. The molecule has 0 N–H and O–H groups in total. The summed E-state index contributed by atoms with van der Waals surface area (Å²) in [6.45, 7) is 0. The molecule has 1 aliphatic carbocycles. The van der Waals surface area contributed by atoms with E-state index in [1.807, 2.05) is 0 Å². The fourth-order valence-corrected chi connectivity index (χ4v) is 1.66. The van der Waals surface area contributed by atoms with Gasteiger partial charge in [-0.3, -0.25) is 0 Å². The van der Waals surface area contributed by atoms with E-state index in [0.29, 0.717) is 0 Å². The molecule has 0 spiro atoms. The van der Waals surface area contributed by atoms with Crippen LogP contribution in [0.4, 0.5) is 0 Å². The quantitative estimate of drug-likeness (QED) is 0.374. The molecule has 0 aromatic rings. The summed E-state index contributed by atoms with van der Waals surface area (Å²) in [5.74, 6) is 0. The van der Waals surface area contributed by atoms with Gasteiger partial charge in [0.15, 0.2) is 0 Å². The van der Waals surface area contributed by atoms with Crippen LogP contribution in [0.3, 0.4) is 0 Å². The summed E-state index contributed by atoms with van der Waals surface area (Å²) in [5.41, 5.74) is 0. The number of hydrogen-bond donors (Lipinski definition) is 0. The molecule has 0 aromatic carbocycles. The predicted molar refractivity (Wildman–Crippen MR) is 26.8 cm³/mol. The Kier molecular flexibility index (Phi) is 9.02. The topological polar surface area (TPSA) is 0 Å². The van der Waals surface area contributed by atoms with Gasteiger partial charge < -0.3 is 9.41 Å². The maximum atomic E-state index is 3.34. The van der Waals surface area contributed by atoms with E-state index < -0.39 is 0 Å². The van der Waals surface area contributed by atoms with Crippen molar-refractivity contribution in [2.24, 2.45) is 0 Å². The molecule has 3 heteroatoms. The average molecular weight is 228 g/mol. The van der Waals surface area contributed by atoms with Crippen molar-refractivity contribution in [1.82, 2.24) is 0 Å². The Labute approximate surface area is 65.5 Å². The van der Waals surface area contributed by atoms with Crippen LogP contribution in [0.5, 0.6) is 0 Å². The molecule has 9 heavy (non-hydrogen) atoms. The van der Waals surface area contributed by atoms with Crippen LogP contribution in [0.15, 0.2) is 0 Å². The second-order valence-electron chi connectivity index (χ2n) is 2.18. The molecule has 0 nitrogen and oxygen atoms in total. The molecule has 0 heterocycles. The summed E-state index contributed by atoms with van der Waals surface area (Å²) in [6, 6.07) is 0. The number of rotatable bonds is 0. The van der Waals surface area contributed by atoms with Gasteiger partial charge >= 0.3 is 55.7 Å². The van der Waals surface area contributed by atoms with Crippen molar-refractivity contribution >= 4 is 0 Å². The van der Waals surface area contributed by atoms with Crippen LogP contribution in [0.2, 0.25) is 4.39 Å². The SMILES string of the molecule is [F-].[F-].[Pd+2][CH]1CCCCC1. The van der Waals surface area contributed by atoms with Gasteiger partial charge in [0, 0.05) is 0 Å². The molecule has 1 saturated carbocycles. The minimum absolute atomic E-state index is 0. The van der Waals surface area contributed by atoms with E-state index in [2.05, 4.69) is 19.2 Å². The summed E-state index contributed by atoms with van der Waals surface area (Å²) in [5, 5.41) is 0. The van der Waals surface area contributed by atoms with Crippen LogP contribution < -0.4 is 9.41 Å². The monoisotopic (exact) mass is 227 g/mol. The summed E-state index contributed by atoms with van der Waals surface area (Å²) in [7, 11) is 0. The second-order valence-corrected chi connectivity index (χ2v) is 3.45. The van der Waals surface area contributed by atoms with Gasteiger partial charge in [-0.2, -0.15) is 0 Å². The fourth-order valence-electron chi connectivity index (χ4n) is 1.03. The van der Waals surface area contributed by atoms with Crippen LogP contribution in [-0.4, -0.2) is 0 Å². The van der Waals surface area contributed by atoms with E-state index in [-0.39, 0.29) is 9.41 Å². The van der Waals surface area contributed by atoms with E-state index in [4.69, 9.17) is 0 Å². The van der Waals surface area contributed by atoms with Crippen molar-refractivity contribution < 1.29 is 28.6 Å². The van der Waals surface area contributed by atoms with Gasteiger partial charge in [0.25, 0.3) is 0 Å². The summed E-state index contributed by atoms with van der Waals surface area (Å²) >= 11 is 3.34. The third-order valence-electron chi connectivity index (χ3n) is 1.50. The van der Waals surface area contributed by atoms with Gasteiger partial charge in [-0.1, -0.05) is 0 Å². The molecule has 1 rings (SSSR count). The zero-order chi connectivity index (χ0) is 5.11. The van der Waals surface area contributed by atoms with E-state index in [1.54, 1.807) is 0 Å². The second kappa shape index (κ2) is 6.64. The van der Waals surface area contributed by atoms with E-state index in [0.717, 1.165) is 4.39 Å². The Hall–Kier alpha value is 0.522. The Morgan fingerprint density at radius 2 is 1.33 bits per heavy atom. The van der Waals surface area contributed by atoms with Gasteiger partial charge in [0.2, 0.25) is 0 Å². The van der Waals surface area contributed by atoms with Crippen LogP contribution in [0, 0.1) is 0 Å². The third-order valence-corrected chi connectivity index (χ3v) is 2.40. The molecule has 0 bridgehead atoms. The summed E-state index contributed by atoms with van der Waals surface area (Å²) in [6.07, 6.45) is 7.20. The summed E-state index contributed by atoms with van der Waals surface area (Å²) < 4.78 is 0.886. The van der Waals surface area contributed by atoms with Crippen LogP contribution >= 0.6 is 0 Å². The van der Waals surface area contributed by atoms with Crippen molar-refractivity contribution in [1.29, 1.82) is 0 Å². The Morgan fingerprint density at radius 3 is 1.56 bits per heavy atom. The first kappa shape index (κ1) is 12.2. The molecule has 1 fully saturated rings. The van der Waals surface area contributed by atoms with Gasteiger partial charge in [-0.15, -0.1) is 0 Å². The number of hydrogen-bond acceptors (Lipinski definition) is 0. The fraction of sp³-hybridized carbons (Fsp3) is 1.00. The van der Waals surface area contributed by atoms with Crippen molar-refractivity contribution in [2.75, 3.05) is 0 Å². The van der Waals surface area contributed by atoms with Crippen molar-refractivity contribution in [3.63, 3.8) is 0 Å². The van der Waals surface area contributed by atoms with Gasteiger partial charge in [0.05, 0.1) is 0 Å². The maximum absolute atomic E-state index is 3.34. The molecule has 0 saturated heterocycles. The van der Waals surface area contributed by atoms with Crippen LogP contribution in [0.25, 0.3) is 0 Å². The predicted octanol–water partition coefficient (Wildman–Crippen LogP) is -3.71. The van der Waals surface area contributed by atoms with Crippen molar-refractivity contribution in [3.8, 4) is 0 Å². The molecule has 0 atom stereocenters. The molecular formula is C6H11F2Pd. The zero-order valence-electron chi connectivity index (χ0n) is 5.19. The Balaban J connectivity index is 0. The van der Waals surface area contributed by atoms with E-state index in [9.17, 15) is 0 Å². The molecule has 1 aliphatic rings. The third kappa shape index (κ3) is 4.99. The van der Waals surface area contributed by atoms with Gasteiger partial charge in [-0.05, 0) is 0 Å². The Morgan fingerprint density at radius 1 is 0.889 bits per heavy atom. The van der Waals surface area contributed by atoms with Gasteiger partial charge in [-0.25, -0.2) is 0 Å². The van der Waals surface area contributed by atoms with E-state index >= 15 is 0 Å². The zero-order valence-corrected chi connectivity index (χ0v) is 6.74. The summed E-state index contributed by atoms with van der Waals surface area (Å²) in [4.78, 5) is 0. The normalized spacial score (nSPS) is 19.7. The first-order chi connectivity index (χ1) is 3.39. The van der Waals surface area contributed by atoms with Crippen molar-refractivity contribution in [3.05, 3.63) is 0 Å².